The van der Waals surface area contributed by atoms with Crippen LogP contribution in [0.2, 0.25) is 0 Å². The van der Waals surface area contributed by atoms with Crippen molar-refractivity contribution >= 4 is 67.8 Å². The summed E-state index contributed by atoms with van der Waals surface area (Å²) in [7, 11) is 0. The molecular formula is C8H15I3. The summed E-state index contributed by atoms with van der Waals surface area (Å²) in [5, 5.41) is 0. The van der Waals surface area contributed by atoms with Crippen molar-refractivity contribution in [3.05, 3.63) is 0 Å². The largest absolute Gasteiger partial charge is 0.0864 e. The van der Waals surface area contributed by atoms with Gasteiger partial charge in [-0.2, -0.15) is 0 Å². The van der Waals surface area contributed by atoms with Gasteiger partial charge in [-0.05, 0) is 23.7 Å². The number of hydrogen-bond donors (Lipinski definition) is 0. The first-order chi connectivity index (χ1) is 5.31. The summed E-state index contributed by atoms with van der Waals surface area (Å²) in [6.07, 6.45) is 7.11. The molecule has 0 aromatic carbocycles. The van der Waals surface area contributed by atoms with Crippen molar-refractivity contribution in [1.29, 1.82) is 0 Å². The summed E-state index contributed by atoms with van der Waals surface area (Å²) in [4.78, 5) is 0. The van der Waals surface area contributed by atoms with Gasteiger partial charge >= 0.3 is 0 Å². The Morgan fingerprint density at radius 3 is 2.09 bits per heavy atom. The normalized spacial score (nSPS) is 13.4. The van der Waals surface area contributed by atoms with Gasteiger partial charge in [0.15, 0.2) is 0 Å². The molecule has 0 aliphatic heterocycles. The molecule has 0 amide bonds. The zero-order valence-electron chi connectivity index (χ0n) is 6.66. The maximum Gasteiger partial charge on any atom is 0.0117 e. The quantitative estimate of drug-likeness (QED) is 0.277. The standard InChI is InChI=1S/C8H15I3/c9-6-3-1-2-4-8(11)5-7-10/h8H,1-7H2. The lowest BCUT2D eigenvalue weighted by Gasteiger charge is -2.06. The molecule has 0 saturated heterocycles. The van der Waals surface area contributed by atoms with E-state index in [9.17, 15) is 0 Å². The Morgan fingerprint density at radius 2 is 1.55 bits per heavy atom. The second-order valence-corrected chi connectivity index (χ2v) is 6.53. The van der Waals surface area contributed by atoms with Gasteiger partial charge in [0, 0.05) is 8.35 Å². The minimum Gasteiger partial charge on any atom is -0.0864 e. The highest BCUT2D eigenvalue weighted by Gasteiger charge is 2.01. The summed E-state index contributed by atoms with van der Waals surface area (Å²) in [5.41, 5.74) is 0. The van der Waals surface area contributed by atoms with Crippen molar-refractivity contribution in [3.8, 4) is 0 Å². The Balaban J connectivity index is 2.97. The Bertz CT molecular complexity index is 75.7. The van der Waals surface area contributed by atoms with Crippen LogP contribution in [0.3, 0.4) is 0 Å². The molecule has 0 N–H and O–H groups in total. The highest BCUT2D eigenvalue weighted by Crippen LogP contribution is 2.16. The van der Waals surface area contributed by atoms with E-state index >= 15 is 0 Å². The van der Waals surface area contributed by atoms with Gasteiger partial charge in [0.2, 0.25) is 0 Å². The molecular weight excluding hydrogens is 477 g/mol. The van der Waals surface area contributed by atoms with Crippen LogP contribution < -0.4 is 0 Å². The first-order valence-electron chi connectivity index (χ1n) is 4.07. The van der Waals surface area contributed by atoms with Crippen LogP contribution in [-0.4, -0.2) is 12.8 Å². The van der Waals surface area contributed by atoms with Gasteiger partial charge in [-0.25, -0.2) is 0 Å². The Hall–Kier alpha value is 2.19. The fourth-order valence-electron chi connectivity index (χ4n) is 0.900. The number of alkyl halides is 3. The number of halogens is 3. The van der Waals surface area contributed by atoms with E-state index < -0.39 is 0 Å². The predicted molar refractivity (Wildman–Crippen MR) is 78.7 cm³/mol. The molecule has 1 atom stereocenters. The number of unbranched alkanes of at least 4 members (excludes halogenated alkanes) is 2. The molecule has 0 aromatic heterocycles. The van der Waals surface area contributed by atoms with Gasteiger partial charge in [-0.3, -0.25) is 0 Å². The molecule has 1 unspecified atom stereocenters. The van der Waals surface area contributed by atoms with E-state index in [1.807, 2.05) is 0 Å². The Morgan fingerprint density at radius 1 is 0.818 bits per heavy atom. The van der Waals surface area contributed by atoms with E-state index in [1.165, 1.54) is 41.0 Å². The molecule has 68 valence electrons. The number of rotatable bonds is 7. The molecule has 0 aromatic rings. The molecule has 0 radical (unpaired) electrons. The third kappa shape index (κ3) is 10.1. The minimum absolute atomic E-state index is 0.929. The molecule has 0 heterocycles. The predicted octanol–water partition coefficient (Wildman–Crippen LogP) is 4.61. The van der Waals surface area contributed by atoms with Crippen molar-refractivity contribution < 1.29 is 0 Å². The van der Waals surface area contributed by atoms with E-state index in [0.717, 1.165) is 3.92 Å². The van der Waals surface area contributed by atoms with Crippen LogP contribution in [0.25, 0.3) is 0 Å². The molecule has 11 heavy (non-hydrogen) atoms. The Labute approximate surface area is 111 Å². The number of hydrogen-bond acceptors (Lipinski definition) is 0. The van der Waals surface area contributed by atoms with Crippen LogP contribution in [0, 0.1) is 0 Å². The molecule has 0 spiro atoms. The Kier molecular flexibility index (Phi) is 12.3. The maximum absolute atomic E-state index is 2.59. The van der Waals surface area contributed by atoms with Gasteiger partial charge in [0.05, 0.1) is 0 Å². The van der Waals surface area contributed by atoms with Gasteiger partial charge in [-0.1, -0.05) is 80.6 Å². The average Bonchev–Trinajstić information content (AvgIpc) is 1.99. The van der Waals surface area contributed by atoms with Gasteiger partial charge < -0.3 is 0 Å². The average molecular weight is 492 g/mol. The van der Waals surface area contributed by atoms with E-state index in [0.29, 0.717) is 0 Å². The van der Waals surface area contributed by atoms with Crippen LogP contribution in [0.1, 0.15) is 32.1 Å². The van der Waals surface area contributed by atoms with Crippen molar-refractivity contribution in [1.82, 2.24) is 0 Å². The summed E-state index contributed by atoms with van der Waals surface area (Å²) < 4.78 is 3.58. The zero-order valence-corrected chi connectivity index (χ0v) is 13.1. The highest BCUT2D eigenvalue weighted by molar-refractivity contribution is 14.1. The first kappa shape index (κ1) is 13.2. The van der Waals surface area contributed by atoms with Crippen LogP contribution in [0.4, 0.5) is 0 Å². The SMILES string of the molecule is ICCCCCC(I)CCI. The summed E-state index contributed by atoms with van der Waals surface area (Å²) in [5.74, 6) is 0. The van der Waals surface area contributed by atoms with Crippen molar-refractivity contribution in [2.45, 2.75) is 36.0 Å². The van der Waals surface area contributed by atoms with E-state index in [1.54, 1.807) is 0 Å². The monoisotopic (exact) mass is 492 g/mol. The molecule has 0 rings (SSSR count). The molecule has 0 nitrogen and oxygen atoms in total. The van der Waals surface area contributed by atoms with E-state index in [-0.39, 0.29) is 0 Å². The first-order valence-corrected chi connectivity index (χ1v) is 8.37. The van der Waals surface area contributed by atoms with Crippen molar-refractivity contribution in [2.75, 3.05) is 8.86 Å². The molecule has 0 saturated carbocycles. The van der Waals surface area contributed by atoms with Crippen LogP contribution in [0.15, 0.2) is 0 Å². The van der Waals surface area contributed by atoms with Crippen molar-refractivity contribution in [3.63, 3.8) is 0 Å². The van der Waals surface area contributed by atoms with E-state index in [2.05, 4.69) is 67.8 Å². The van der Waals surface area contributed by atoms with Crippen molar-refractivity contribution in [2.24, 2.45) is 0 Å². The maximum atomic E-state index is 2.59. The smallest absolute Gasteiger partial charge is 0.0117 e. The lowest BCUT2D eigenvalue weighted by atomic mass is 10.1. The third-order valence-corrected chi connectivity index (χ3v) is 4.20. The lowest BCUT2D eigenvalue weighted by Crippen LogP contribution is -1.97. The van der Waals surface area contributed by atoms with Crippen LogP contribution in [-0.2, 0) is 0 Å². The van der Waals surface area contributed by atoms with Gasteiger partial charge in [0.1, 0.15) is 0 Å². The fourth-order valence-corrected chi connectivity index (χ4v) is 4.13. The second kappa shape index (κ2) is 10.3. The molecule has 0 aliphatic rings. The zero-order chi connectivity index (χ0) is 8.53. The molecule has 0 fully saturated rings. The minimum atomic E-state index is 0.929. The second-order valence-electron chi connectivity index (χ2n) is 2.61. The molecule has 0 bridgehead atoms. The highest BCUT2D eigenvalue weighted by atomic mass is 127. The lowest BCUT2D eigenvalue weighted by molar-refractivity contribution is 0.656. The third-order valence-electron chi connectivity index (χ3n) is 1.57. The van der Waals surface area contributed by atoms with Crippen LogP contribution in [0.5, 0.6) is 0 Å². The molecule has 3 heteroatoms. The van der Waals surface area contributed by atoms with Gasteiger partial charge in [0.25, 0.3) is 0 Å². The van der Waals surface area contributed by atoms with Crippen LogP contribution >= 0.6 is 67.8 Å². The molecule has 0 aliphatic carbocycles. The van der Waals surface area contributed by atoms with E-state index in [4.69, 9.17) is 0 Å². The summed E-state index contributed by atoms with van der Waals surface area (Å²) in [6, 6.07) is 0. The summed E-state index contributed by atoms with van der Waals surface area (Å²) >= 11 is 7.51. The summed E-state index contributed by atoms with van der Waals surface area (Å²) in [6.45, 7) is 0. The fraction of sp³-hybridized carbons (Fsp3) is 1.00. The van der Waals surface area contributed by atoms with Gasteiger partial charge in [-0.15, -0.1) is 0 Å². The topological polar surface area (TPSA) is 0 Å².